The Kier molecular flexibility index (Phi) is 44.3. The molecule has 0 saturated carbocycles. The predicted octanol–water partition coefficient (Wildman–Crippen LogP) is 11.7. The van der Waals surface area contributed by atoms with Crippen LogP contribution in [-0.4, -0.2) is 110 Å². The molecule has 11 heteroatoms. The zero-order valence-corrected chi connectivity index (χ0v) is 43.9. The van der Waals surface area contributed by atoms with Gasteiger partial charge < -0.3 is 50.5 Å². The number of ether oxygens (including phenoxy) is 2. The Hall–Kier alpha value is -1.41. The summed E-state index contributed by atoms with van der Waals surface area (Å²) in [7, 11) is 0. The average Bonchev–Trinajstić information content (AvgIpc) is 3.34. The Morgan fingerprint density at radius 3 is 1.38 bits per heavy atom. The summed E-state index contributed by atoms with van der Waals surface area (Å²) in [5.74, 6) is -0.694. The lowest BCUT2D eigenvalue weighted by Crippen LogP contribution is -2.60. The Balaban J connectivity index is 2.31. The Morgan fingerprint density at radius 2 is 0.941 bits per heavy atom. The first-order valence-corrected chi connectivity index (χ1v) is 28.7. The maximum Gasteiger partial charge on any atom is 0.249 e. The summed E-state index contributed by atoms with van der Waals surface area (Å²) in [6.07, 6.45) is 43.6. The van der Waals surface area contributed by atoms with Gasteiger partial charge in [0.2, 0.25) is 5.91 Å². The molecule has 68 heavy (non-hydrogen) atoms. The fourth-order valence-corrected chi connectivity index (χ4v) is 9.36. The van der Waals surface area contributed by atoms with Crippen molar-refractivity contribution in [3.05, 3.63) is 24.3 Å². The molecule has 1 aliphatic heterocycles. The van der Waals surface area contributed by atoms with Crippen LogP contribution in [0.4, 0.5) is 0 Å². The van der Waals surface area contributed by atoms with Crippen LogP contribution in [-0.2, 0) is 14.3 Å². The molecule has 0 aromatic rings. The van der Waals surface area contributed by atoms with Gasteiger partial charge in [-0.15, -0.1) is 0 Å². The first kappa shape index (κ1) is 64.6. The molecule has 11 nitrogen and oxygen atoms in total. The highest BCUT2D eigenvalue weighted by atomic mass is 16.7. The lowest BCUT2D eigenvalue weighted by atomic mass is 9.98. The molecule has 0 aromatic heterocycles. The quantitative estimate of drug-likeness (QED) is 0.0215. The van der Waals surface area contributed by atoms with Gasteiger partial charge in [0.05, 0.1) is 25.4 Å². The van der Waals surface area contributed by atoms with Gasteiger partial charge in [-0.3, -0.25) is 4.79 Å². The van der Waals surface area contributed by atoms with Crippen molar-refractivity contribution in [2.75, 3.05) is 13.2 Å². The number of rotatable bonds is 49. The number of aliphatic hydroxyl groups excluding tert-OH is 7. The molecule has 1 aliphatic rings. The van der Waals surface area contributed by atoms with Crippen LogP contribution in [0.1, 0.15) is 264 Å². The van der Waals surface area contributed by atoms with E-state index in [1.54, 1.807) is 0 Å². The van der Waals surface area contributed by atoms with Crippen molar-refractivity contribution in [1.29, 1.82) is 0 Å². The smallest absolute Gasteiger partial charge is 0.249 e. The molecule has 0 radical (unpaired) electrons. The number of nitrogens with one attached hydrogen (secondary N) is 1. The Labute approximate surface area is 416 Å². The first-order valence-electron chi connectivity index (χ1n) is 28.7. The monoisotopic (exact) mass is 968 g/mol. The van der Waals surface area contributed by atoms with Gasteiger partial charge in [0, 0.05) is 0 Å². The number of allylic oxidation sites excluding steroid dienone is 4. The normalized spacial score (nSPS) is 20.6. The fourth-order valence-electron chi connectivity index (χ4n) is 9.36. The number of hydrogen-bond acceptors (Lipinski definition) is 10. The van der Waals surface area contributed by atoms with E-state index in [2.05, 4.69) is 43.5 Å². The van der Waals surface area contributed by atoms with E-state index in [0.717, 1.165) is 51.4 Å². The lowest BCUT2D eigenvalue weighted by molar-refractivity contribution is -0.303. The minimum Gasteiger partial charge on any atom is -0.394 e. The van der Waals surface area contributed by atoms with E-state index in [9.17, 15) is 40.5 Å². The predicted molar refractivity (Wildman–Crippen MR) is 279 cm³/mol. The van der Waals surface area contributed by atoms with E-state index < -0.39 is 74.2 Å². The highest BCUT2D eigenvalue weighted by Gasteiger charge is 2.44. The van der Waals surface area contributed by atoms with E-state index in [1.165, 1.54) is 173 Å². The molecule has 1 heterocycles. The second-order valence-electron chi connectivity index (χ2n) is 20.3. The molecule has 1 fully saturated rings. The van der Waals surface area contributed by atoms with Gasteiger partial charge in [0.25, 0.3) is 0 Å². The maximum absolute atomic E-state index is 13.2. The SMILES string of the molecule is CC/C=C\C/C=C\CCCCCCCCCCCCCCCC(O)C(=O)NC(COC1OC(CO)C(O)C(O)C1O)C(O)C(O)CCCCCCCCCCCCCCCCCCCCCCC. The van der Waals surface area contributed by atoms with Crippen LogP contribution < -0.4 is 5.32 Å². The largest absolute Gasteiger partial charge is 0.394 e. The second kappa shape index (κ2) is 46.6. The van der Waals surface area contributed by atoms with Crippen molar-refractivity contribution < 1.29 is 50.0 Å². The van der Waals surface area contributed by atoms with Crippen LogP contribution >= 0.6 is 0 Å². The van der Waals surface area contributed by atoms with Gasteiger partial charge in [-0.25, -0.2) is 0 Å². The summed E-state index contributed by atoms with van der Waals surface area (Å²) in [5, 5.41) is 76.2. The maximum atomic E-state index is 13.2. The van der Waals surface area contributed by atoms with Crippen LogP contribution in [0, 0.1) is 0 Å². The Bertz CT molecular complexity index is 1160. The van der Waals surface area contributed by atoms with E-state index in [0.29, 0.717) is 19.3 Å². The molecule has 0 aliphatic carbocycles. The number of amides is 1. The molecule has 0 bridgehead atoms. The van der Waals surface area contributed by atoms with Crippen LogP contribution in [0.15, 0.2) is 24.3 Å². The Morgan fingerprint density at radius 1 is 0.529 bits per heavy atom. The summed E-state index contributed by atoms with van der Waals surface area (Å²) in [5.41, 5.74) is 0. The molecule has 0 spiro atoms. The summed E-state index contributed by atoms with van der Waals surface area (Å²) in [4.78, 5) is 13.2. The van der Waals surface area contributed by atoms with Gasteiger partial charge in [0.15, 0.2) is 6.29 Å². The van der Waals surface area contributed by atoms with Crippen molar-refractivity contribution in [3.8, 4) is 0 Å². The summed E-state index contributed by atoms with van der Waals surface area (Å²) in [6.45, 7) is 3.38. The molecular weight excluding hydrogens is 859 g/mol. The van der Waals surface area contributed by atoms with Crippen LogP contribution in [0.3, 0.4) is 0 Å². The minimum atomic E-state index is -1.66. The number of carbonyl (C=O) groups excluding carboxylic acids is 1. The van der Waals surface area contributed by atoms with Crippen LogP contribution in [0.5, 0.6) is 0 Å². The minimum absolute atomic E-state index is 0.261. The van der Waals surface area contributed by atoms with E-state index >= 15 is 0 Å². The molecule has 9 atom stereocenters. The molecule has 1 amide bonds. The topological polar surface area (TPSA) is 189 Å². The van der Waals surface area contributed by atoms with Crippen molar-refractivity contribution >= 4 is 5.91 Å². The van der Waals surface area contributed by atoms with E-state index in [-0.39, 0.29) is 6.42 Å². The lowest BCUT2D eigenvalue weighted by Gasteiger charge is -2.40. The number of unbranched alkanes of at least 4 members (excludes halogenated alkanes) is 33. The van der Waals surface area contributed by atoms with Gasteiger partial charge in [-0.1, -0.05) is 250 Å². The highest BCUT2D eigenvalue weighted by molar-refractivity contribution is 5.80. The number of hydrogen-bond donors (Lipinski definition) is 8. The summed E-state index contributed by atoms with van der Waals surface area (Å²) < 4.78 is 11.1. The summed E-state index contributed by atoms with van der Waals surface area (Å²) >= 11 is 0. The third-order valence-corrected chi connectivity index (χ3v) is 14.0. The third-order valence-electron chi connectivity index (χ3n) is 14.0. The molecule has 1 rings (SSSR count). The number of carbonyl (C=O) groups is 1. The molecule has 1 saturated heterocycles. The molecule has 8 N–H and O–H groups in total. The summed E-state index contributed by atoms with van der Waals surface area (Å²) in [6, 6.07) is -1.17. The zero-order valence-electron chi connectivity index (χ0n) is 43.9. The van der Waals surface area contributed by atoms with Crippen molar-refractivity contribution in [3.63, 3.8) is 0 Å². The van der Waals surface area contributed by atoms with Gasteiger partial charge in [-0.05, 0) is 38.5 Å². The third kappa shape index (κ3) is 34.8. The second-order valence-corrected chi connectivity index (χ2v) is 20.3. The van der Waals surface area contributed by atoms with E-state index in [1.807, 2.05) is 0 Å². The molecule has 0 aromatic carbocycles. The van der Waals surface area contributed by atoms with Gasteiger partial charge in [-0.2, -0.15) is 0 Å². The first-order chi connectivity index (χ1) is 33.2. The standard InChI is InChI=1S/C57H109NO10/c1-3-5-7-9-11-13-15-17-19-21-23-25-27-28-30-32-34-36-38-40-42-44-49(60)52(62)48(47-67-57-55(65)54(64)53(63)51(46-59)68-57)58-56(66)50(61)45-43-41-39-37-35-33-31-29-26-24-22-20-18-16-14-12-10-8-6-4-2/h6,8,12,14,48-55,57,59-65H,3-5,7,9-11,13,15-47H2,1-2H3,(H,58,66)/b8-6-,14-12-. The highest BCUT2D eigenvalue weighted by Crippen LogP contribution is 2.23. The van der Waals surface area contributed by atoms with Crippen molar-refractivity contribution in [2.24, 2.45) is 0 Å². The van der Waals surface area contributed by atoms with Crippen LogP contribution in [0.25, 0.3) is 0 Å². The van der Waals surface area contributed by atoms with Gasteiger partial charge in [0.1, 0.15) is 36.6 Å². The van der Waals surface area contributed by atoms with Crippen molar-refractivity contribution in [2.45, 2.75) is 319 Å². The fraction of sp³-hybridized carbons (Fsp3) is 0.912. The van der Waals surface area contributed by atoms with Crippen molar-refractivity contribution in [1.82, 2.24) is 5.32 Å². The molecule has 9 unspecified atom stereocenters. The van der Waals surface area contributed by atoms with Crippen LogP contribution in [0.2, 0.25) is 0 Å². The zero-order chi connectivity index (χ0) is 49.7. The van der Waals surface area contributed by atoms with Gasteiger partial charge >= 0.3 is 0 Å². The number of aliphatic hydroxyl groups is 7. The molecule has 402 valence electrons. The van der Waals surface area contributed by atoms with E-state index in [4.69, 9.17) is 9.47 Å². The molecular formula is C57H109NO10. The average molecular weight is 968 g/mol.